The van der Waals surface area contributed by atoms with Crippen LogP contribution in [0.2, 0.25) is 0 Å². The number of nitrogens with zero attached hydrogens (tertiary/aromatic N) is 3. The van der Waals surface area contributed by atoms with Crippen molar-refractivity contribution in [1.29, 1.82) is 0 Å². The number of guanidine groups is 1. The standard InChI is InChI=1S/C25H31N5.HI/c1-20-27-14-15-30(20)18-22-9-6-8-21(16-22)17-28-24(26-2)29-19-25(12-7-13-25)23-10-4-3-5-11-23;/h3-6,8-11,14-16H,7,12-13,17-19H2,1-2H3,(H2,26,28,29);1H. The van der Waals surface area contributed by atoms with Crippen molar-refractivity contribution in [3.63, 3.8) is 0 Å². The number of hydrogen-bond donors (Lipinski definition) is 2. The van der Waals surface area contributed by atoms with Gasteiger partial charge in [0.1, 0.15) is 5.82 Å². The van der Waals surface area contributed by atoms with Crippen molar-refractivity contribution in [2.75, 3.05) is 13.6 Å². The molecule has 2 N–H and O–H groups in total. The number of rotatable bonds is 7. The van der Waals surface area contributed by atoms with Crippen LogP contribution in [0.5, 0.6) is 0 Å². The number of nitrogens with one attached hydrogen (secondary N) is 2. The molecule has 3 aromatic rings. The Hall–Kier alpha value is -2.35. The first-order valence-electron chi connectivity index (χ1n) is 10.7. The molecule has 1 fully saturated rings. The van der Waals surface area contributed by atoms with Crippen LogP contribution in [-0.2, 0) is 18.5 Å². The summed E-state index contributed by atoms with van der Waals surface area (Å²) < 4.78 is 2.16. The molecular weight excluding hydrogens is 497 g/mol. The Morgan fingerprint density at radius 1 is 1.06 bits per heavy atom. The molecule has 2 aromatic carbocycles. The third-order valence-electron chi connectivity index (χ3n) is 6.24. The summed E-state index contributed by atoms with van der Waals surface area (Å²) in [5.74, 6) is 1.89. The average molecular weight is 529 g/mol. The van der Waals surface area contributed by atoms with Gasteiger partial charge in [0, 0.05) is 44.5 Å². The van der Waals surface area contributed by atoms with Crippen LogP contribution in [0, 0.1) is 6.92 Å². The predicted molar refractivity (Wildman–Crippen MR) is 138 cm³/mol. The van der Waals surface area contributed by atoms with Crippen LogP contribution in [0.3, 0.4) is 0 Å². The van der Waals surface area contributed by atoms with Crippen molar-refractivity contribution >= 4 is 29.9 Å². The second-order valence-corrected chi connectivity index (χ2v) is 8.20. The summed E-state index contributed by atoms with van der Waals surface area (Å²) >= 11 is 0. The summed E-state index contributed by atoms with van der Waals surface area (Å²) in [5, 5.41) is 7.04. The highest BCUT2D eigenvalue weighted by atomic mass is 127. The molecule has 1 aliphatic rings. The second kappa shape index (κ2) is 10.8. The number of aryl methyl sites for hydroxylation is 1. The van der Waals surface area contributed by atoms with Gasteiger partial charge >= 0.3 is 0 Å². The third-order valence-corrected chi connectivity index (χ3v) is 6.24. The number of hydrogen-bond acceptors (Lipinski definition) is 2. The number of imidazole rings is 1. The van der Waals surface area contributed by atoms with E-state index in [4.69, 9.17) is 0 Å². The van der Waals surface area contributed by atoms with E-state index in [1.165, 1.54) is 36.0 Å². The summed E-state index contributed by atoms with van der Waals surface area (Å²) in [5.41, 5.74) is 4.19. The van der Waals surface area contributed by atoms with E-state index in [1.807, 2.05) is 26.4 Å². The van der Waals surface area contributed by atoms with E-state index in [0.717, 1.165) is 31.4 Å². The number of benzene rings is 2. The normalized spacial score (nSPS) is 15.0. The highest BCUT2D eigenvalue weighted by Crippen LogP contribution is 2.43. The fourth-order valence-electron chi connectivity index (χ4n) is 4.23. The SMILES string of the molecule is CN=C(NCc1cccc(Cn2ccnc2C)c1)NCC1(c2ccccc2)CCC1.I. The lowest BCUT2D eigenvalue weighted by molar-refractivity contribution is 0.244. The molecule has 0 amide bonds. The largest absolute Gasteiger partial charge is 0.356 e. The second-order valence-electron chi connectivity index (χ2n) is 8.20. The van der Waals surface area contributed by atoms with Gasteiger partial charge in [-0.05, 0) is 36.5 Å². The van der Waals surface area contributed by atoms with Gasteiger partial charge in [0.15, 0.2) is 5.96 Å². The lowest BCUT2D eigenvalue weighted by Gasteiger charge is -2.43. The Kier molecular flexibility index (Phi) is 8.12. The minimum atomic E-state index is 0. The van der Waals surface area contributed by atoms with Crippen LogP contribution < -0.4 is 10.6 Å². The summed E-state index contributed by atoms with van der Waals surface area (Å²) in [4.78, 5) is 8.74. The monoisotopic (exact) mass is 529 g/mol. The molecule has 6 heteroatoms. The zero-order valence-corrected chi connectivity index (χ0v) is 20.7. The maximum Gasteiger partial charge on any atom is 0.191 e. The molecule has 164 valence electrons. The average Bonchev–Trinajstić information content (AvgIpc) is 3.15. The van der Waals surface area contributed by atoms with Gasteiger partial charge in [-0.3, -0.25) is 4.99 Å². The first-order chi connectivity index (χ1) is 14.7. The van der Waals surface area contributed by atoms with Gasteiger partial charge in [-0.1, -0.05) is 61.0 Å². The van der Waals surface area contributed by atoms with Gasteiger partial charge in [-0.25, -0.2) is 4.98 Å². The Morgan fingerprint density at radius 3 is 2.48 bits per heavy atom. The summed E-state index contributed by atoms with van der Waals surface area (Å²) in [6.07, 6.45) is 7.63. The molecule has 1 aliphatic carbocycles. The van der Waals surface area contributed by atoms with E-state index in [9.17, 15) is 0 Å². The zero-order chi connectivity index (χ0) is 20.8. The summed E-state index contributed by atoms with van der Waals surface area (Å²) in [7, 11) is 1.84. The van der Waals surface area contributed by atoms with E-state index in [2.05, 4.69) is 79.8 Å². The Balaban J connectivity index is 0.00000272. The summed E-state index contributed by atoms with van der Waals surface area (Å²) in [6, 6.07) is 19.6. The van der Waals surface area contributed by atoms with Crippen LogP contribution >= 0.6 is 24.0 Å². The molecule has 0 bridgehead atoms. The molecule has 31 heavy (non-hydrogen) atoms. The zero-order valence-electron chi connectivity index (χ0n) is 18.3. The van der Waals surface area contributed by atoms with Crippen molar-refractivity contribution in [2.24, 2.45) is 4.99 Å². The molecule has 0 unspecified atom stereocenters. The molecule has 1 heterocycles. The minimum absolute atomic E-state index is 0. The molecule has 1 aromatic heterocycles. The van der Waals surface area contributed by atoms with Crippen molar-refractivity contribution in [3.8, 4) is 0 Å². The number of halogens is 1. The van der Waals surface area contributed by atoms with E-state index < -0.39 is 0 Å². The van der Waals surface area contributed by atoms with Crippen molar-refractivity contribution in [3.05, 3.63) is 89.5 Å². The van der Waals surface area contributed by atoms with E-state index in [-0.39, 0.29) is 29.4 Å². The van der Waals surface area contributed by atoms with Crippen LogP contribution in [-0.4, -0.2) is 29.1 Å². The van der Waals surface area contributed by atoms with Gasteiger partial charge in [-0.2, -0.15) is 0 Å². The predicted octanol–water partition coefficient (Wildman–Crippen LogP) is 4.64. The molecule has 1 saturated carbocycles. The highest BCUT2D eigenvalue weighted by Gasteiger charge is 2.38. The van der Waals surface area contributed by atoms with Gasteiger partial charge in [0.05, 0.1) is 0 Å². The topological polar surface area (TPSA) is 54.2 Å². The lowest BCUT2D eigenvalue weighted by Crippen LogP contribution is -2.48. The maximum atomic E-state index is 4.44. The molecule has 4 rings (SSSR count). The van der Waals surface area contributed by atoms with Crippen molar-refractivity contribution < 1.29 is 0 Å². The van der Waals surface area contributed by atoms with Gasteiger partial charge in [0.25, 0.3) is 0 Å². The summed E-state index contributed by atoms with van der Waals surface area (Å²) in [6.45, 7) is 4.53. The highest BCUT2D eigenvalue weighted by molar-refractivity contribution is 14.0. The quantitative estimate of drug-likeness (QED) is 0.266. The molecular formula is C25H32IN5. The molecule has 0 aliphatic heterocycles. The Bertz CT molecular complexity index is 992. The third kappa shape index (κ3) is 5.67. The minimum Gasteiger partial charge on any atom is -0.356 e. The van der Waals surface area contributed by atoms with Crippen LogP contribution in [0.15, 0.2) is 72.0 Å². The molecule has 0 radical (unpaired) electrons. The maximum absolute atomic E-state index is 4.44. The fraction of sp³-hybridized carbons (Fsp3) is 0.360. The smallest absolute Gasteiger partial charge is 0.191 e. The molecule has 0 spiro atoms. The van der Waals surface area contributed by atoms with Crippen LogP contribution in [0.1, 0.15) is 41.8 Å². The van der Waals surface area contributed by atoms with Crippen molar-refractivity contribution in [1.82, 2.24) is 20.2 Å². The van der Waals surface area contributed by atoms with E-state index in [0.29, 0.717) is 0 Å². The van der Waals surface area contributed by atoms with Crippen molar-refractivity contribution in [2.45, 2.75) is 44.7 Å². The first-order valence-corrected chi connectivity index (χ1v) is 10.7. The van der Waals surface area contributed by atoms with Gasteiger partial charge in [-0.15, -0.1) is 24.0 Å². The number of aliphatic imine (C=N–C) groups is 1. The van der Waals surface area contributed by atoms with Gasteiger partial charge < -0.3 is 15.2 Å². The number of aromatic nitrogens is 2. The molecule has 0 atom stereocenters. The molecule has 0 saturated heterocycles. The van der Waals surface area contributed by atoms with E-state index >= 15 is 0 Å². The Labute approximate surface area is 202 Å². The van der Waals surface area contributed by atoms with Crippen LogP contribution in [0.25, 0.3) is 0 Å². The van der Waals surface area contributed by atoms with Gasteiger partial charge in [0.2, 0.25) is 0 Å². The Morgan fingerprint density at radius 2 is 1.84 bits per heavy atom. The molecule has 5 nitrogen and oxygen atoms in total. The first kappa shape index (κ1) is 23.3. The van der Waals surface area contributed by atoms with E-state index in [1.54, 1.807) is 0 Å². The van der Waals surface area contributed by atoms with Crippen LogP contribution in [0.4, 0.5) is 0 Å². The fourth-order valence-corrected chi connectivity index (χ4v) is 4.23. The lowest BCUT2D eigenvalue weighted by atomic mass is 9.64.